The van der Waals surface area contributed by atoms with E-state index in [2.05, 4.69) is 17.0 Å². The van der Waals surface area contributed by atoms with E-state index < -0.39 is 29.1 Å². The summed E-state index contributed by atoms with van der Waals surface area (Å²) < 4.78 is 11.9. The molecule has 6 nitrogen and oxygen atoms in total. The van der Waals surface area contributed by atoms with Crippen molar-refractivity contribution in [2.45, 2.75) is 89.9 Å². The van der Waals surface area contributed by atoms with Crippen LogP contribution in [-0.2, 0) is 16.0 Å². The van der Waals surface area contributed by atoms with Crippen molar-refractivity contribution in [3.05, 3.63) is 35.9 Å². The highest BCUT2D eigenvalue weighted by atomic mass is 16.6. The monoisotopic (exact) mass is 404 g/mol. The van der Waals surface area contributed by atoms with Gasteiger partial charge in [-0.25, -0.2) is 4.79 Å². The number of rotatable bonds is 5. The van der Waals surface area contributed by atoms with Gasteiger partial charge in [0.2, 0.25) is 0 Å². The van der Waals surface area contributed by atoms with Crippen LogP contribution in [-0.4, -0.2) is 63.2 Å². The van der Waals surface area contributed by atoms with Crippen molar-refractivity contribution in [3.8, 4) is 0 Å². The molecule has 0 bridgehead atoms. The molecule has 1 aromatic carbocycles. The number of benzene rings is 1. The fourth-order valence-electron chi connectivity index (χ4n) is 4.74. The lowest BCUT2D eigenvalue weighted by Gasteiger charge is -2.42. The number of carbonyl (C=O) groups is 1. The van der Waals surface area contributed by atoms with Gasteiger partial charge >= 0.3 is 6.09 Å². The molecule has 2 aliphatic heterocycles. The molecule has 2 fully saturated rings. The van der Waals surface area contributed by atoms with E-state index in [9.17, 15) is 9.90 Å². The van der Waals surface area contributed by atoms with E-state index in [1.165, 1.54) is 5.56 Å². The minimum absolute atomic E-state index is 0.0334. The number of amides is 1. The molecule has 6 heteroatoms. The molecule has 1 aromatic rings. The average Bonchev–Trinajstić information content (AvgIpc) is 3.13. The number of ether oxygens (including phenoxy) is 2. The lowest BCUT2D eigenvalue weighted by Crippen LogP contribution is -2.58. The molecular weight excluding hydrogens is 368 g/mol. The van der Waals surface area contributed by atoms with Crippen LogP contribution in [0.5, 0.6) is 0 Å². The lowest BCUT2D eigenvalue weighted by molar-refractivity contribution is -0.113. The minimum Gasteiger partial charge on any atom is -0.441 e. The Bertz CT molecular complexity index is 695. The maximum absolute atomic E-state index is 13.2. The van der Waals surface area contributed by atoms with Gasteiger partial charge in [0.25, 0.3) is 0 Å². The van der Waals surface area contributed by atoms with E-state index >= 15 is 0 Å². The predicted octanol–water partition coefficient (Wildman–Crippen LogP) is 3.77. The van der Waals surface area contributed by atoms with Gasteiger partial charge in [0.1, 0.15) is 11.8 Å². The quantitative estimate of drug-likeness (QED) is 0.809. The first kappa shape index (κ1) is 22.1. The van der Waals surface area contributed by atoms with Gasteiger partial charge in [-0.2, -0.15) is 0 Å². The first-order valence-electron chi connectivity index (χ1n) is 10.6. The second-order valence-corrected chi connectivity index (χ2v) is 10.0. The van der Waals surface area contributed by atoms with Crippen LogP contribution in [0.4, 0.5) is 4.79 Å². The topological polar surface area (TPSA) is 62.2 Å². The molecule has 2 heterocycles. The molecular formula is C23H36N2O4. The minimum atomic E-state index is -1.16. The number of hydrogen-bond acceptors (Lipinski definition) is 5. The van der Waals surface area contributed by atoms with E-state index in [0.29, 0.717) is 6.61 Å². The predicted molar refractivity (Wildman–Crippen MR) is 112 cm³/mol. The fourth-order valence-corrected chi connectivity index (χ4v) is 4.74. The largest absolute Gasteiger partial charge is 0.441 e. The summed E-state index contributed by atoms with van der Waals surface area (Å²) in [6, 6.07) is 10.2. The number of aliphatic hydroxyl groups is 1. The van der Waals surface area contributed by atoms with Gasteiger partial charge in [-0.05, 0) is 66.5 Å². The van der Waals surface area contributed by atoms with E-state index in [-0.39, 0.29) is 6.04 Å². The molecule has 1 N–H and O–H groups in total. The van der Waals surface area contributed by atoms with Crippen LogP contribution >= 0.6 is 0 Å². The Hall–Kier alpha value is -1.63. The second kappa shape index (κ2) is 7.89. The summed E-state index contributed by atoms with van der Waals surface area (Å²) in [4.78, 5) is 17.2. The lowest BCUT2D eigenvalue weighted by atomic mass is 9.93. The SMILES string of the molecule is CC(C)(O)[C@H](OC(=O)N1C(C)(C)COC1(C)C)[C@@H]1CCCN1Cc1ccccc1. The van der Waals surface area contributed by atoms with Crippen molar-refractivity contribution >= 4 is 6.09 Å². The Morgan fingerprint density at radius 2 is 1.93 bits per heavy atom. The van der Waals surface area contributed by atoms with Crippen LogP contribution in [0.15, 0.2) is 30.3 Å². The molecule has 0 unspecified atom stereocenters. The van der Waals surface area contributed by atoms with Crippen LogP contribution in [0.3, 0.4) is 0 Å². The van der Waals surface area contributed by atoms with Crippen molar-refractivity contribution in [1.29, 1.82) is 0 Å². The fraction of sp³-hybridized carbons (Fsp3) is 0.696. The van der Waals surface area contributed by atoms with Crippen LogP contribution in [0.2, 0.25) is 0 Å². The summed E-state index contributed by atoms with van der Waals surface area (Å²) in [6.45, 7) is 13.3. The van der Waals surface area contributed by atoms with E-state index in [1.807, 2.05) is 45.9 Å². The molecule has 2 saturated heterocycles. The van der Waals surface area contributed by atoms with E-state index in [1.54, 1.807) is 18.7 Å². The zero-order chi connectivity index (χ0) is 21.4. The first-order chi connectivity index (χ1) is 13.4. The Kier molecular flexibility index (Phi) is 6.01. The summed E-state index contributed by atoms with van der Waals surface area (Å²) in [6.07, 6.45) is 0.841. The Balaban J connectivity index is 1.80. The molecule has 2 atom stereocenters. The van der Waals surface area contributed by atoms with Crippen molar-refractivity contribution in [1.82, 2.24) is 9.80 Å². The summed E-state index contributed by atoms with van der Waals surface area (Å²) in [5.74, 6) is 0. The molecule has 3 rings (SSSR count). The third-order valence-corrected chi connectivity index (χ3v) is 6.02. The van der Waals surface area contributed by atoms with Crippen molar-refractivity contribution in [3.63, 3.8) is 0 Å². The van der Waals surface area contributed by atoms with Gasteiger partial charge in [0, 0.05) is 12.6 Å². The van der Waals surface area contributed by atoms with E-state index in [0.717, 1.165) is 25.9 Å². The third-order valence-electron chi connectivity index (χ3n) is 6.02. The highest BCUT2D eigenvalue weighted by Gasteiger charge is 2.52. The molecule has 162 valence electrons. The second-order valence-electron chi connectivity index (χ2n) is 10.0. The summed E-state index contributed by atoms with van der Waals surface area (Å²) in [7, 11) is 0. The van der Waals surface area contributed by atoms with Gasteiger partial charge in [-0.15, -0.1) is 0 Å². The van der Waals surface area contributed by atoms with E-state index in [4.69, 9.17) is 9.47 Å². The summed E-state index contributed by atoms with van der Waals surface area (Å²) >= 11 is 0. The summed E-state index contributed by atoms with van der Waals surface area (Å²) in [5, 5.41) is 10.9. The molecule has 1 amide bonds. The van der Waals surface area contributed by atoms with Crippen molar-refractivity contribution < 1.29 is 19.4 Å². The Morgan fingerprint density at radius 3 is 2.48 bits per heavy atom. The van der Waals surface area contributed by atoms with Crippen LogP contribution in [0.25, 0.3) is 0 Å². The van der Waals surface area contributed by atoms with Gasteiger partial charge in [0.05, 0.1) is 17.7 Å². The molecule has 2 aliphatic rings. The molecule has 0 spiro atoms. The van der Waals surface area contributed by atoms with Crippen LogP contribution in [0, 0.1) is 0 Å². The number of carbonyl (C=O) groups excluding carboxylic acids is 1. The zero-order valence-corrected chi connectivity index (χ0v) is 18.6. The number of likely N-dealkylation sites (tertiary alicyclic amines) is 1. The molecule has 0 saturated carbocycles. The van der Waals surface area contributed by atoms with Gasteiger partial charge < -0.3 is 14.6 Å². The van der Waals surface area contributed by atoms with Crippen molar-refractivity contribution in [2.24, 2.45) is 0 Å². The van der Waals surface area contributed by atoms with Gasteiger partial charge in [-0.3, -0.25) is 9.80 Å². The first-order valence-corrected chi connectivity index (χ1v) is 10.6. The van der Waals surface area contributed by atoms with Crippen LogP contribution < -0.4 is 0 Å². The maximum atomic E-state index is 13.2. The van der Waals surface area contributed by atoms with Gasteiger partial charge in [0.15, 0.2) is 0 Å². The highest BCUT2D eigenvalue weighted by Crippen LogP contribution is 2.37. The normalized spacial score (nSPS) is 25.2. The highest BCUT2D eigenvalue weighted by molar-refractivity contribution is 5.70. The Morgan fingerprint density at radius 1 is 1.28 bits per heavy atom. The van der Waals surface area contributed by atoms with Crippen molar-refractivity contribution in [2.75, 3.05) is 13.2 Å². The van der Waals surface area contributed by atoms with Gasteiger partial charge in [-0.1, -0.05) is 30.3 Å². The third kappa shape index (κ3) is 4.76. The standard InChI is InChI=1S/C23H36N2O4/c1-21(2)16-28-23(5,6)25(21)20(26)29-19(22(3,4)27)18-13-10-14-24(18)15-17-11-8-7-9-12-17/h7-9,11-12,18-19,27H,10,13-16H2,1-6H3/t18-,19+/m0/s1. The Labute approximate surface area is 174 Å². The molecule has 0 aliphatic carbocycles. The van der Waals surface area contributed by atoms with Crippen LogP contribution in [0.1, 0.15) is 59.9 Å². The number of nitrogens with zero attached hydrogens (tertiary/aromatic N) is 2. The zero-order valence-electron chi connectivity index (χ0n) is 18.6. The maximum Gasteiger partial charge on any atom is 0.413 e. The average molecular weight is 405 g/mol. The number of hydrogen-bond donors (Lipinski definition) is 1. The smallest absolute Gasteiger partial charge is 0.413 e. The summed E-state index contributed by atoms with van der Waals surface area (Å²) in [5.41, 5.74) is -1.15. The molecule has 0 radical (unpaired) electrons. The molecule has 29 heavy (non-hydrogen) atoms. The molecule has 0 aromatic heterocycles.